The second-order valence-corrected chi connectivity index (χ2v) is 4.93. The van der Waals surface area contributed by atoms with Gasteiger partial charge in [0, 0.05) is 9.77 Å². The number of hydrogen-bond acceptors (Lipinski definition) is 3. The van der Waals surface area contributed by atoms with Crippen LogP contribution in [-0.4, -0.2) is 22.1 Å². The molecule has 0 bridgehead atoms. The first kappa shape index (κ1) is 14.3. The van der Waals surface area contributed by atoms with Crippen LogP contribution in [0.2, 0.25) is 0 Å². The van der Waals surface area contributed by atoms with E-state index in [4.69, 9.17) is 5.11 Å². The van der Waals surface area contributed by atoms with Gasteiger partial charge in [-0.15, -0.1) is 0 Å². The topological polar surface area (TPSA) is 91.3 Å². The average Bonchev–Trinajstić information content (AvgIpc) is 2.41. The van der Waals surface area contributed by atoms with E-state index in [-0.39, 0.29) is 11.4 Å². The normalized spacial score (nSPS) is 9.85. The fourth-order valence-corrected chi connectivity index (χ4v) is 2.04. The zero-order valence-corrected chi connectivity index (χ0v) is 12.3. The van der Waals surface area contributed by atoms with Gasteiger partial charge in [-0.05, 0) is 46.9 Å². The number of hydrogen-bond donors (Lipinski definition) is 3. The SMILES string of the molecule is O=C(Nc1ccccc1I)Nc1cccnc1C(=O)O. The van der Waals surface area contributed by atoms with Crippen LogP contribution in [0.5, 0.6) is 0 Å². The van der Waals surface area contributed by atoms with E-state index in [0.717, 1.165) is 3.57 Å². The second kappa shape index (κ2) is 6.33. The number of carbonyl (C=O) groups excluding carboxylic acids is 1. The molecule has 20 heavy (non-hydrogen) atoms. The van der Waals surface area contributed by atoms with Gasteiger partial charge in [0.05, 0.1) is 11.4 Å². The van der Waals surface area contributed by atoms with E-state index in [2.05, 4.69) is 38.2 Å². The molecule has 0 aliphatic heterocycles. The standard InChI is InChI=1S/C13H10IN3O3/c14-8-4-1-2-5-9(8)16-13(20)17-10-6-3-7-15-11(10)12(18)19/h1-7H,(H,18,19)(H2,16,17,20). The molecule has 0 aliphatic rings. The fourth-order valence-electron chi connectivity index (χ4n) is 1.52. The van der Waals surface area contributed by atoms with Gasteiger partial charge in [-0.1, -0.05) is 12.1 Å². The first-order chi connectivity index (χ1) is 9.58. The molecule has 0 aliphatic carbocycles. The fraction of sp³-hybridized carbons (Fsp3) is 0. The summed E-state index contributed by atoms with van der Waals surface area (Å²) in [5.74, 6) is -1.20. The number of aromatic nitrogens is 1. The van der Waals surface area contributed by atoms with Gasteiger partial charge < -0.3 is 15.7 Å². The Hall–Kier alpha value is -2.16. The summed E-state index contributed by atoms with van der Waals surface area (Å²) in [7, 11) is 0. The maximum Gasteiger partial charge on any atom is 0.356 e. The van der Waals surface area contributed by atoms with Crippen molar-refractivity contribution in [2.24, 2.45) is 0 Å². The Morgan fingerprint density at radius 2 is 1.70 bits per heavy atom. The van der Waals surface area contributed by atoms with E-state index in [9.17, 15) is 9.59 Å². The van der Waals surface area contributed by atoms with Crippen LogP contribution in [0, 0.1) is 3.57 Å². The summed E-state index contributed by atoms with van der Waals surface area (Å²) in [6.45, 7) is 0. The molecule has 1 aromatic heterocycles. The average molecular weight is 383 g/mol. The van der Waals surface area contributed by atoms with Crippen molar-refractivity contribution in [1.29, 1.82) is 0 Å². The maximum absolute atomic E-state index is 11.9. The van der Waals surface area contributed by atoms with Crippen LogP contribution >= 0.6 is 22.6 Å². The van der Waals surface area contributed by atoms with Gasteiger partial charge in [-0.2, -0.15) is 0 Å². The highest BCUT2D eigenvalue weighted by Gasteiger charge is 2.13. The minimum absolute atomic E-state index is 0.142. The lowest BCUT2D eigenvalue weighted by atomic mass is 10.3. The van der Waals surface area contributed by atoms with Crippen LogP contribution in [0.4, 0.5) is 16.2 Å². The number of carboxylic acids is 1. The Kier molecular flexibility index (Phi) is 4.51. The summed E-state index contributed by atoms with van der Waals surface area (Å²) in [6.07, 6.45) is 1.35. The van der Waals surface area contributed by atoms with Gasteiger partial charge in [0.1, 0.15) is 0 Å². The summed E-state index contributed by atoms with van der Waals surface area (Å²) in [4.78, 5) is 26.6. The highest BCUT2D eigenvalue weighted by molar-refractivity contribution is 14.1. The zero-order valence-electron chi connectivity index (χ0n) is 10.1. The molecule has 0 spiro atoms. The van der Waals surface area contributed by atoms with Gasteiger partial charge in [-0.25, -0.2) is 14.6 Å². The third-order valence-corrected chi connectivity index (χ3v) is 3.32. The molecule has 1 aromatic carbocycles. The number of urea groups is 1. The summed E-state index contributed by atoms with van der Waals surface area (Å²) in [5, 5.41) is 14.1. The molecule has 0 saturated carbocycles. The van der Waals surface area contributed by atoms with E-state index in [1.165, 1.54) is 12.3 Å². The molecule has 0 fully saturated rings. The van der Waals surface area contributed by atoms with Crippen molar-refractivity contribution in [3.8, 4) is 0 Å². The number of carbonyl (C=O) groups is 2. The van der Waals surface area contributed by atoms with Gasteiger partial charge >= 0.3 is 12.0 Å². The number of carboxylic acid groups (broad SMARTS) is 1. The van der Waals surface area contributed by atoms with E-state index in [0.29, 0.717) is 5.69 Å². The summed E-state index contributed by atoms with van der Waals surface area (Å²) in [6, 6.07) is 9.76. The predicted molar refractivity (Wildman–Crippen MR) is 83.0 cm³/mol. The Morgan fingerprint density at radius 3 is 2.40 bits per heavy atom. The number of pyridine rings is 1. The quantitative estimate of drug-likeness (QED) is 0.711. The van der Waals surface area contributed by atoms with Gasteiger partial charge in [0.2, 0.25) is 0 Å². The summed E-state index contributed by atoms with van der Waals surface area (Å²) < 4.78 is 0.880. The number of anilines is 2. The molecule has 7 heteroatoms. The molecule has 0 atom stereocenters. The number of nitrogens with zero attached hydrogens (tertiary/aromatic N) is 1. The first-order valence-corrected chi connectivity index (χ1v) is 6.66. The summed E-state index contributed by atoms with van der Waals surface area (Å²) >= 11 is 2.09. The predicted octanol–water partition coefficient (Wildman–Crippen LogP) is 3.03. The number of aromatic carboxylic acids is 1. The molecule has 3 N–H and O–H groups in total. The number of amides is 2. The van der Waals surface area contributed by atoms with Crippen molar-refractivity contribution in [2.45, 2.75) is 0 Å². The van der Waals surface area contributed by atoms with Crippen molar-refractivity contribution in [3.63, 3.8) is 0 Å². The Bertz CT molecular complexity index is 661. The number of para-hydroxylation sites is 1. The monoisotopic (exact) mass is 383 g/mol. The van der Waals surface area contributed by atoms with Crippen molar-refractivity contribution < 1.29 is 14.7 Å². The number of nitrogens with one attached hydrogen (secondary N) is 2. The summed E-state index contributed by atoms with van der Waals surface area (Å²) in [5.41, 5.74) is 0.584. The van der Waals surface area contributed by atoms with E-state index < -0.39 is 12.0 Å². The Labute approximate surface area is 128 Å². The minimum atomic E-state index is -1.20. The molecular weight excluding hydrogens is 373 g/mol. The van der Waals surface area contributed by atoms with Gasteiger partial charge in [0.25, 0.3) is 0 Å². The van der Waals surface area contributed by atoms with E-state index in [1.54, 1.807) is 18.2 Å². The zero-order chi connectivity index (χ0) is 14.5. The smallest absolute Gasteiger partial charge is 0.356 e. The molecule has 2 amide bonds. The van der Waals surface area contributed by atoms with Crippen molar-refractivity contribution in [1.82, 2.24) is 4.98 Å². The van der Waals surface area contributed by atoms with Crippen LogP contribution in [0.15, 0.2) is 42.6 Å². The molecule has 2 rings (SSSR count). The van der Waals surface area contributed by atoms with Crippen LogP contribution in [0.3, 0.4) is 0 Å². The lowest BCUT2D eigenvalue weighted by Gasteiger charge is -2.10. The van der Waals surface area contributed by atoms with E-state index in [1.807, 2.05) is 12.1 Å². The molecular formula is C13H10IN3O3. The molecule has 0 saturated heterocycles. The molecule has 0 radical (unpaired) electrons. The molecule has 1 heterocycles. The number of benzene rings is 1. The molecule has 6 nitrogen and oxygen atoms in total. The third kappa shape index (κ3) is 3.44. The van der Waals surface area contributed by atoms with Crippen LogP contribution < -0.4 is 10.6 Å². The molecule has 0 unspecified atom stereocenters. The van der Waals surface area contributed by atoms with Crippen LogP contribution in [0.25, 0.3) is 0 Å². The number of halogens is 1. The lowest BCUT2D eigenvalue weighted by molar-refractivity contribution is 0.0692. The minimum Gasteiger partial charge on any atom is -0.476 e. The van der Waals surface area contributed by atoms with Crippen molar-refractivity contribution in [2.75, 3.05) is 10.6 Å². The van der Waals surface area contributed by atoms with E-state index >= 15 is 0 Å². The van der Waals surface area contributed by atoms with Crippen molar-refractivity contribution in [3.05, 3.63) is 51.9 Å². The van der Waals surface area contributed by atoms with Crippen LogP contribution in [0.1, 0.15) is 10.5 Å². The second-order valence-electron chi connectivity index (χ2n) is 3.76. The third-order valence-electron chi connectivity index (χ3n) is 2.38. The molecule has 102 valence electrons. The number of rotatable bonds is 3. The van der Waals surface area contributed by atoms with Crippen LogP contribution in [-0.2, 0) is 0 Å². The Balaban J connectivity index is 2.13. The maximum atomic E-state index is 11.9. The Morgan fingerprint density at radius 1 is 1.05 bits per heavy atom. The highest BCUT2D eigenvalue weighted by Crippen LogP contribution is 2.18. The van der Waals surface area contributed by atoms with Gasteiger partial charge in [-0.3, -0.25) is 0 Å². The highest BCUT2D eigenvalue weighted by atomic mass is 127. The van der Waals surface area contributed by atoms with Gasteiger partial charge in [0.15, 0.2) is 5.69 Å². The van der Waals surface area contributed by atoms with Crippen molar-refractivity contribution >= 4 is 46.0 Å². The first-order valence-electron chi connectivity index (χ1n) is 5.59. The lowest BCUT2D eigenvalue weighted by Crippen LogP contribution is -2.21. The largest absolute Gasteiger partial charge is 0.476 e. The molecule has 2 aromatic rings.